The summed E-state index contributed by atoms with van der Waals surface area (Å²) in [5.74, 6) is 0. The third-order valence-corrected chi connectivity index (χ3v) is 5.74. The number of aliphatic hydroxyl groups is 1. The van der Waals surface area contributed by atoms with Gasteiger partial charge in [0.15, 0.2) is 0 Å². The van der Waals surface area contributed by atoms with Gasteiger partial charge in [-0.3, -0.25) is 4.57 Å². The van der Waals surface area contributed by atoms with E-state index in [4.69, 9.17) is 14.4 Å². The van der Waals surface area contributed by atoms with Crippen molar-refractivity contribution in [2.75, 3.05) is 0 Å². The highest BCUT2D eigenvalue weighted by Crippen LogP contribution is 2.29. The molecule has 0 aromatic carbocycles. The quantitative estimate of drug-likeness (QED) is 0.134. The molecule has 0 aliphatic carbocycles. The zero-order valence-electron chi connectivity index (χ0n) is 19.9. The standard InChI is InChI=1S/C24H50O.H3O3P/c1-4-7-10-13-16-19-22-24(25,21-18-15-12-9-6-3)23-20-17-14-11-8-5-2;1-4(2)3/h25H,4-23H2,1-3H3;4H,(H2,1,2,3). The molecule has 0 rings (SSSR count). The van der Waals surface area contributed by atoms with Crippen molar-refractivity contribution >= 4 is 8.25 Å². The SMILES string of the molecule is CCCCCCCCC(O)(CCCCCCC)CCCCCCCC.O=[PH](O)O. The molecule has 0 spiro atoms. The van der Waals surface area contributed by atoms with E-state index in [9.17, 15) is 5.11 Å². The van der Waals surface area contributed by atoms with Gasteiger partial charge in [0.1, 0.15) is 0 Å². The number of unbranched alkanes of at least 4 members (excludes halogenated alkanes) is 14. The van der Waals surface area contributed by atoms with Crippen LogP contribution in [-0.4, -0.2) is 20.5 Å². The van der Waals surface area contributed by atoms with E-state index >= 15 is 0 Å². The monoisotopic (exact) mass is 436 g/mol. The molecule has 3 N–H and O–H groups in total. The van der Waals surface area contributed by atoms with E-state index in [2.05, 4.69) is 20.8 Å². The topological polar surface area (TPSA) is 77.8 Å². The van der Waals surface area contributed by atoms with Crippen LogP contribution in [0.5, 0.6) is 0 Å². The van der Waals surface area contributed by atoms with Gasteiger partial charge in [0.25, 0.3) is 0 Å². The van der Waals surface area contributed by atoms with Crippen molar-refractivity contribution in [2.24, 2.45) is 0 Å². The molecule has 0 aromatic heterocycles. The fourth-order valence-electron chi connectivity index (χ4n) is 3.90. The molecule has 0 atom stereocenters. The van der Waals surface area contributed by atoms with Crippen LogP contribution >= 0.6 is 8.25 Å². The largest absolute Gasteiger partial charge is 0.390 e. The molecule has 0 aliphatic rings. The molecule has 178 valence electrons. The third-order valence-electron chi connectivity index (χ3n) is 5.74. The molecule has 0 unspecified atom stereocenters. The van der Waals surface area contributed by atoms with Gasteiger partial charge in [0.05, 0.1) is 5.60 Å². The molecular weight excluding hydrogens is 383 g/mol. The second-order valence-electron chi connectivity index (χ2n) is 8.71. The Labute approximate surface area is 182 Å². The van der Waals surface area contributed by atoms with Crippen molar-refractivity contribution in [3.8, 4) is 0 Å². The molecule has 0 bridgehead atoms. The van der Waals surface area contributed by atoms with Gasteiger partial charge in [-0.25, -0.2) is 0 Å². The summed E-state index contributed by atoms with van der Waals surface area (Å²) in [5, 5.41) is 11.2. The van der Waals surface area contributed by atoms with Crippen LogP contribution in [0.15, 0.2) is 0 Å². The van der Waals surface area contributed by atoms with E-state index in [0.29, 0.717) is 0 Å². The smallest absolute Gasteiger partial charge is 0.314 e. The summed E-state index contributed by atoms with van der Waals surface area (Å²) in [6.45, 7) is 6.82. The maximum atomic E-state index is 11.2. The third kappa shape index (κ3) is 28.1. The molecule has 0 heterocycles. The van der Waals surface area contributed by atoms with Gasteiger partial charge in [-0.05, 0) is 19.3 Å². The summed E-state index contributed by atoms with van der Waals surface area (Å²) >= 11 is 0. The van der Waals surface area contributed by atoms with Crippen molar-refractivity contribution in [1.29, 1.82) is 0 Å². The summed E-state index contributed by atoms with van der Waals surface area (Å²) in [4.78, 5) is 14.3. The molecule has 29 heavy (non-hydrogen) atoms. The zero-order chi connectivity index (χ0) is 22.2. The van der Waals surface area contributed by atoms with E-state index in [1.165, 1.54) is 109 Å². The van der Waals surface area contributed by atoms with E-state index < -0.39 is 8.25 Å². The van der Waals surface area contributed by atoms with Crippen molar-refractivity contribution < 1.29 is 19.5 Å². The Kier molecular flexibility index (Phi) is 26.3. The highest BCUT2D eigenvalue weighted by Gasteiger charge is 2.25. The first-order valence-corrected chi connectivity index (χ1v) is 13.9. The van der Waals surface area contributed by atoms with Gasteiger partial charge in [-0.2, -0.15) is 0 Å². The first kappa shape index (κ1) is 31.3. The molecule has 0 aromatic rings. The van der Waals surface area contributed by atoms with Crippen LogP contribution < -0.4 is 0 Å². The second kappa shape index (κ2) is 24.4. The van der Waals surface area contributed by atoms with Crippen LogP contribution in [0, 0.1) is 0 Å². The molecule has 0 aliphatic heterocycles. The molecule has 0 saturated heterocycles. The predicted octanol–water partition coefficient (Wildman–Crippen LogP) is 7.94. The molecule has 0 radical (unpaired) electrons. The number of hydrogen-bond donors (Lipinski definition) is 3. The summed E-state index contributed by atoms with van der Waals surface area (Å²) < 4.78 is 8.74. The van der Waals surface area contributed by atoms with Gasteiger partial charge in [-0.15, -0.1) is 0 Å². The summed E-state index contributed by atoms with van der Waals surface area (Å²) in [5.41, 5.74) is -0.359. The van der Waals surface area contributed by atoms with Crippen LogP contribution in [0.3, 0.4) is 0 Å². The molecule has 0 fully saturated rings. The lowest BCUT2D eigenvalue weighted by atomic mass is 9.85. The van der Waals surface area contributed by atoms with Gasteiger partial charge < -0.3 is 14.9 Å². The Morgan fingerprint density at radius 2 is 0.724 bits per heavy atom. The maximum Gasteiger partial charge on any atom is 0.314 e. The fraction of sp³-hybridized carbons (Fsp3) is 1.00. The molecule has 0 amide bonds. The van der Waals surface area contributed by atoms with Gasteiger partial charge >= 0.3 is 8.25 Å². The Morgan fingerprint density at radius 1 is 0.517 bits per heavy atom. The van der Waals surface area contributed by atoms with Gasteiger partial charge in [-0.1, -0.05) is 130 Å². The van der Waals surface area contributed by atoms with Crippen LogP contribution in [0.25, 0.3) is 0 Å². The summed E-state index contributed by atoms with van der Waals surface area (Å²) in [6.07, 6.45) is 25.6. The highest BCUT2D eigenvalue weighted by molar-refractivity contribution is 7.30. The van der Waals surface area contributed by atoms with E-state index in [-0.39, 0.29) is 5.60 Å². The van der Waals surface area contributed by atoms with E-state index in [0.717, 1.165) is 19.3 Å². The number of rotatable bonds is 20. The minimum absolute atomic E-state index is 0.359. The minimum atomic E-state index is -3.13. The first-order valence-electron chi connectivity index (χ1n) is 12.6. The van der Waals surface area contributed by atoms with Crippen molar-refractivity contribution in [3.63, 3.8) is 0 Å². The molecular formula is C24H53O4P. The lowest BCUT2D eigenvalue weighted by Crippen LogP contribution is -2.28. The minimum Gasteiger partial charge on any atom is -0.390 e. The fourth-order valence-corrected chi connectivity index (χ4v) is 3.90. The van der Waals surface area contributed by atoms with E-state index in [1.54, 1.807) is 0 Å². The molecule has 0 saturated carbocycles. The Bertz CT molecular complexity index is 317. The Hall–Kier alpha value is 0.110. The van der Waals surface area contributed by atoms with Gasteiger partial charge in [0.2, 0.25) is 0 Å². The first-order chi connectivity index (χ1) is 13.9. The van der Waals surface area contributed by atoms with Crippen molar-refractivity contribution in [2.45, 2.75) is 155 Å². The average Bonchev–Trinajstić information content (AvgIpc) is 2.67. The van der Waals surface area contributed by atoms with Crippen molar-refractivity contribution in [1.82, 2.24) is 0 Å². The summed E-state index contributed by atoms with van der Waals surface area (Å²) in [6, 6.07) is 0. The molecule has 5 heteroatoms. The highest BCUT2D eigenvalue weighted by atomic mass is 31.1. The Morgan fingerprint density at radius 3 is 0.966 bits per heavy atom. The van der Waals surface area contributed by atoms with Crippen LogP contribution in [-0.2, 0) is 4.57 Å². The molecule has 4 nitrogen and oxygen atoms in total. The Balaban J connectivity index is 0. The van der Waals surface area contributed by atoms with Crippen LogP contribution in [0.1, 0.15) is 149 Å². The predicted molar refractivity (Wildman–Crippen MR) is 128 cm³/mol. The second-order valence-corrected chi connectivity index (χ2v) is 9.27. The lowest BCUT2D eigenvalue weighted by Gasteiger charge is -2.29. The lowest BCUT2D eigenvalue weighted by molar-refractivity contribution is 0.00705. The average molecular weight is 437 g/mol. The van der Waals surface area contributed by atoms with Crippen LogP contribution in [0.4, 0.5) is 0 Å². The van der Waals surface area contributed by atoms with Crippen molar-refractivity contribution in [3.05, 3.63) is 0 Å². The van der Waals surface area contributed by atoms with E-state index in [1.807, 2.05) is 0 Å². The number of hydrogen-bond acceptors (Lipinski definition) is 2. The summed E-state index contributed by atoms with van der Waals surface area (Å²) in [7, 11) is -3.13. The maximum absolute atomic E-state index is 11.2. The van der Waals surface area contributed by atoms with Crippen LogP contribution in [0.2, 0.25) is 0 Å². The zero-order valence-corrected chi connectivity index (χ0v) is 20.9. The van der Waals surface area contributed by atoms with Gasteiger partial charge in [0, 0.05) is 0 Å². The normalized spacial score (nSPS) is 11.6.